The fourth-order valence-electron chi connectivity index (χ4n) is 4.42. The van der Waals surface area contributed by atoms with Gasteiger partial charge >= 0.3 is 0 Å². The first-order chi connectivity index (χ1) is 12.1. The first kappa shape index (κ1) is 18.2. The Bertz CT molecular complexity index is 596. The van der Waals surface area contributed by atoms with Gasteiger partial charge in [-0.25, -0.2) is 0 Å². The smallest absolute Gasteiger partial charge is 0.226 e. The molecular weight excluding hydrogens is 316 g/mol. The van der Waals surface area contributed by atoms with Crippen molar-refractivity contribution in [1.29, 1.82) is 0 Å². The van der Waals surface area contributed by atoms with E-state index in [1.165, 1.54) is 12.8 Å². The minimum atomic E-state index is 0.220. The molecule has 0 aliphatic carbocycles. The van der Waals surface area contributed by atoms with E-state index in [-0.39, 0.29) is 11.4 Å². The maximum atomic E-state index is 12.7. The molecule has 1 amide bonds. The summed E-state index contributed by atoms with van der Waals surface area (Å²) in [5, 5.41) is 0. The summed E-state index contributed by atoms with van der Waals surface area (Å²) in [5.74, 6) is 1.02. The minimum absolute atomic E-state index is 0.220. The Kier molecular flexibility index (Phi) is 5.64. The number of likely N-dealkylation sites (tertiary alicyclic amines) is 2. The second-order valence-electron chi connectivity index (χ2n) is 7.39. The van der Waals surface area contributed by atoms with Gasteiger partial charge in [-0.05, 0) is 50.4 Å². The number of nitrogens with zero attached hydrogens (tertiary/aromatic N) is 2. The first-order valence-electron chi connectivity index (χ1n) is 9.20. The zero-order valence-corrected chi connectivity index (χ0v) is 15.7. The predicted molar refractivity (Wildman–Crippen MR) is 97.9 cm³/mol. The van der Waals surface area contributed by atoms with Crippen LogP contribution >= 0.6 is 0 Å². The lowest BCUT2D eigenvalue weighted by Crippen LogP contribution is -2.54. The van der Waals surface area contributed by atoms with Crippen molar-refractivity contribution in [3.05, 3.63) is 29.8 Å². The number of carbonyl (C=O) groups is 1. The van der Waals surface area contributed by atoms with Crippen molar-refractivity contribution in [3.63, 3.8) is 0 Å². The van der Waals surface area contributed by atoms with Gasteiger partial charge in [0, 0.05) is 31.8 Å². The van der Waals surface area contributed by atoms with Crippen LogP contribution in [0.25, 0.3) is 0 Å². The highest BCUT2D eigenvalue weighted by atomic mass is 16.5. The molecule has 2 aliphatic rings. The Hall–Kier alpha value is -1.59. The molecule has 2 saturated heterocycles. The van der Waals surface area contributed by atoms with E-state index in [0.29, 0.717) is 12.5 Å². The molecule has 1 aromatic rings. The largest absolute Gasteiger partial charge is 0.497 e. The fourth-order valence-corrected chi connectivity index (χ4v) is 4.42. The van der Waals surface area contributed by atoms with E-state index in [0.717, 1.165) is 43.9 Å². The second-order valence-corrected chi connectivity index (χ2v) is 7.39. The van der Waals surface area contributed by atoms with E-state index in [1.54, 1.807) is 14.2 Å². The van der Waals surface area contributed by atoms with E-state index in [2.05, 4.69) is 11.9 Å². The van der Waals surface area contributed by atoms with Gasteiger partial charge in [0.15, 0.2) is 0 Å². The zero-order chi connectivity index (χ0) is 17.9. The fraction of sp³-hybridized carbons (Fsp3) is 0.650. The van der Waals surface area contributed by atoms with Crippen LogP contribution in [0.15, 0.2) is 24.3 Å². The number of hydrogen-bond donors (Lipinski definition) is 0. The summed E-state index contributed by atoms with van der Waals surface area (Å²) in [7, 11) is 5.66. The molecule has 0 N–H and O–H groups in total. The van der Waals surface area contributed by atoms with Crippen molar-refractivity contribution in [2.75, 3.05) is 41.0 Å². The molecule has 1 aromatic carbocycles. The maximum Gasteiger partial charge on any atom is 0.226 e. The normalized spacial score (nSPS) is 23.2. The maximum absolute atomic E-state index is 12.7. The number of amides is 1. The highest BCUT2D eigenvalue weighted by Gasteiger charge is 2.46. The molecule has 0 aromatic heterocycles. The van der Waals surface area contributed by atoms with Crippen molar-refractivity contribution in [2.24, 2.45) is 0 Å². The van der Waals surface area contributed by atoms with Gasteiger partial charge in [-0.15, -0.1) is 0 Å². The van der Waals surface area contributed by atoms with Gasteiger partial charge in [0.2, 0.25) is 5.91 Å². The SMILES string of the molecule is COCC1CCC2(CCN(C(=O)Cc3cccc(OC)c3)CC2)N1C. The van der Waals surface area contributed by atoms with Gasteiger partial charge in [0.05, 0.1) is 20.1 Å². The summed E-state index contributed by atoms with van der Waals surface area (Å²) in [6.45, 7) is 2.51. The molecule has 1 spiro atoms. The van der Waals surface area contributed by atoms with Gasteiger partial charge < -0.3 is 14.4 Å². The van der Waals surface area contributed by atoms with Gasteiger partial charge in [-0.2, -0.15) is 0 Å². The zero-order valence-electron chi connectivity index (χ0n) is 15.7. The molecule has 1 unspecified atom stereocenters. The number of hydrogen-bond acceptors (Lipinski definition) is 4. The number of likely N-dealkylation sites (N-methyl/N-ethyl adjacent to an activating group) is 1. The van der Waals surface area contributed by atoms with Crippen LogP contribution in [0.1, 0.15) is 31.2 Å². The Labute approximate surface area is 150 Å². The third kappa shape index (κ3) is 3.82. The molecule has 1 atom stereocenters. The molecule has 5 heteroatoms. The van der Waals surface area contributed by atoms with Crippen LogP contribution in [0.5, 0.6) is 5.75 Å². The number of rotatable bonds is 5. The van der Waals surface area contributed by atoms with Crippen LogP contribution in [0.2, 0.25) is 0 Å². The first-order valence-corrected chi connectivity index (χ1v) is 9.20. The van der Waals surface area contributed by atoms with Crippen molar-refractivity contribution in [2.45, 2.75) is 43.7 Å². The van der Waals surface area contributed by atoms with E-state index >= 15 is 0 Å². The van der Waals surface area contributed by atoms with Crippen LogP contribution in [0.3, 0.4) is 0 Å². The predicted octanol–water partition coefficient (Wildman–Crippen LogP) is 2.34. The summed E-state index contributed by atoms with van der Waals surface area (Å²) in [6.07, 6.45) is 4.99. The lowest BCUT2D eigenvalue weighted by molar-refractivity contribution is -0.133. The lowest BCUT2D eigenvalue weighted by atomic mass is 9.85. The van der Waals surface area contributed by atoms with Crippen LogP contribution in [-0.2, 0) is 16.0 Å². The van der Waals surface area contributed by atoms with E-state index in [1.807, 2.05) is 29.2 Å². The number of ether oxygens (including phenoxy) is 2. The monoisotopic (exact) mass is 346 g/mol. The summed E-state index contributed by atoms with van der Waals surface area (Å²) >= 11 is 0. The molecule has 0 saturated carbocycles. The molecule has 138 valence electrons. The summed E-state index contributed by atoms with van der Waals surface area (Å²) in [4.78, 5) is 17.2. The lowest BCUT2D eigenvalue weighted by Gasteiger charge is -2.45. The molecule has 0 bridgehead atoms. The van der Waals surface area contributed by atoms with Crippen LogP contribution in [0.4, 0.5) is 0 Å². The average molecular weight is 346 g/mol. The van der Waals surface area contributed by atoms with Crippen LogP contribution < -0.4 is 4.74 Å². The van der Waals surface area contributed by atoms with Gasteiger partial charge in [-0.1, -0.05) is 12.1 Å². The average Bonchev–Trinajstić information content (AvgIpc) is 2.92. The molecule has 0 radical (unpaired) electrons. The quantitative estimate of drug-likeness (QED) is 0.821. The highest BCUT2D eigenvalue weighted by Crippen LogP contribution is 2.40. The van der Waals surface area contributed by atoms with E-state index in [4.69, 9.17) is 9.47 Å². The molecule has 5 nitrogen and oxygen atoms in total. The van der Waals surface area contributed by atoms with Crippen LogP contribution in [-0.4, -0.2) is 68.3 Å². The van der Waals surface area contributed by atoms with Gasteiger partial charge in [-0.3, -0.25) is 9.69 Å². The molecular formula is C20H30N2O3. The highest BCUT2D eigenvalue weighted by molar-refractivity contribution is 5.79. The summed E-state index contributed by atoms with van der Waals surface area (Å²) in [5.41, 5.74) is 1.28. The third-order valence-electron chi connectivity index (χ3n) is 6.13. The summed E-state index contributed by atoms with van der Waals surface area (Å²) < 4.78 is 10.6. The number of piperidine rings is 1. The van der Waals surface area contributed by atoms with Crippen molar-refractivity contribution in [3.8, 4) is 5.75 Å². The van der Waals surface area contributed by atoms with Gasteiger partial charge in [0.25, 0.3) is 0 Å². The van der Waals surface area contributed by atoms with Gasteiger partial charge in [0.1, 0.15) is 5.75 Å². The molecule has 2 heterocycles. The molecule has 2 fully saturated rings. The number of carbonyl (C=O) groups excluding carboxylic acids is 1. The third-order valence-corrected chi connectivity index (χ3v) is 6.13. The van der Waals surface area contributed by atoms with Crippen molar-refractivity contribution in [1.82, 2.24) is 9.80 Å². The molecule has 3 rings (SSSR count). The Morgan fingerprint density at radius 3 is 2.68 bits per heavy atom. The molecule has 2 aliphatic heterocycles. The minimum Gasteiger partial charge on any atom is -0.497 e. The van der Waals surface area contributed by atoms with Crippen LogP contribution in [0, 0.1) is 0 Å². The Morgan fingerprint density at radius 1 is 1.24 bits per heavy atom. The number of benzene rings is 1. The molecule has 25 heavy (non-hydrogen) atoms. The summed E-state index contributed by atoms with van der Waals surface area (Å²) in [6, 6.07) is 8.31. The Balaban J connectivity index is 1.56. The van der Waals surface area contributed by atoms with E-state index in [9.17, 15) is 4.79 Å². The second kappa shape index (κ2) is 7.75. The van der Waals surface area contributed by atoms with Crippen molar-refractivity contribution >= 4 is 5.91 Å². The van der Waals surface area contributed by atoms with E-state index < -0.39 is 0 Å². The standard InChI is InChI=1S/C20H30N2O3/c1-21-17(15-24-2)7-8-20(21)9-11-22(12-10-20)19(23)14-16-5-4-6-18(13-16)25-3/h4-6,13,17H,7-12,14-15H2,1-3H3. The van der Waals surface area contributed by atoms with Crippen molar-refractivity contribution < 1.29 is 14.3 Å². The topological polar surface area (TPSA) is 42.0 Å². The number of methoxy groups -OCH3 is 2. The Morgan fingerprint density at radius 2 is 2.00 bits per heavy atom.